The number of halogens is 1. The minimum absolute atomic E-state index is 0.0247. The summed E-state index contributed by atoms with van der Waals surface area (Å²) in [7, 11) is 0. The van der Waals surface area contributed by atoms with Crippen LogP contribution in [-0.4, -0.2) is 44.7 Å². The Hall–Kier alpha value is -3.98. The largest absolute Gasteiger partial charge is 0.462 e. The molecule has 0 bridgehead atoms. The Bertz CT molecular complexity index is 1360. The molecule has 9 nitrogen and oxygen atoms in total. The van der Waals surface area contributed by atoms with Crippen molar-refractivity contribution in [3.63, 3.8) is 0 Å². The number of aromatic nitrogens is 4. The normalized spacial score (nSPS) is 19.2. The van der Waals surface area contributed by atoms with Gasteiger partial charge in [0.1, 0.15) is 5.52 Å². The Kier molecular flexibility index (Phi) is 6.33. The van der Waals surface area contributed by atoms with E-state index in [0.717, 1.165) is 0 Å². The lowest BCUT2D eigenvalue weighted by molar-refractivity contribution is -0.0308. The van der Waals surface area contributed by atoms with Crippen LogP contribution in [-0.2, 0) is 9.47 Å². The van der Waals surface area contributed by atoms with Gasteiger partial charge in [0.15, 0.2) is 10.8 Å². The second-order valence-electron chi connectivity index (χ2n) is 8.35. The summed E-state index contributed by atoms with van der Waals surface area (Å²) >= 11 is 6.19. The lowest BCUT2D eigenvalue weighted by atomic mass is 9.69. The fourth-order valence-electron chi connectivity index (χ4n) is 4.35. The maximum Gasteiger partial charge on any atom is 0.338 e. The number of carbonyl (C=O) groups excluding carboxylic acids is 2. The van der Waals surface area contributed by atoms with E-state index in [2.05, 4.69) is 15.0 Å². The van der Waals surface area contributed by atoms with Crippen molar-refractivity contribution < 1.29 is 19.1 Å². The van der Waals surface area contributed by atoms with Gasteiger partial charge in [-0.15, -0.1) is 0 Å². The van der Waals surface area contributed by atoms with E-state index in [9.17, 15) is 9.59 Å². The summed E-state index contributed by atoms with van der Waals surface area (Å²) in [5.74, 6) is -0.929. The summed E-state index contributed by atoms with van der Waals surface area (Å²) in [5.41, 5.74) is 7.70. The highest BCUT2D eigenvalue weighted by atomic mass is 35.5. The molecule has 2 N–H and O–H groups in total. The zero-order chi connectivity index (χ0) is 24.4. The molecule has 0 spiro atoms. The average Bonchev–Trinajstić information content (AvgIpc) is 3.28. The van der Waals surface area contributed by atoms with E-state index in [0.29, 0.717) is 28.7 Å². The number of anilines is 1. The summed E-state index contributed by atoms with van der Waals surface area (Å²) in [6, 6.07) is 17.5. The van der Waals surface area contributed by atoms with Crippen LogP contribution < -0.4 is 5.73 Å². The number of imidazole rings is 1. The molecule has 1 aliphatic carbocycles. The number of hydrogen-bond donors (Lipinski definition) is 1. The molecular weight excluding hydrogens is 470 g/mol. The van der Waals surface area contributed by atoms with E-state index in [4.69, 9.17) is 26.8 Å². The molecule has 2 aromatic carbocycles. The molecule has 0 radical (unpaired) electrons. The van der Waals surface area contributed by atoms with Crippen LogP contribution in [0, 0.1) is 11.8 Å². The molecule has 1 fully saturated rings. The highest BCUT2D eigenvalue weighted by Crippen LogP contribution is 2.46. The van der Waals surface area contributed by atoms with Gasteiger partial charge in [0.25, 0.3) is 0 Å². The van der Waals surface area contributed by atoms with Gasteiger partial charge >= 0.3 is 11.9 Å². The maximum atomic E-state index is 12.6. The van der Waals surface area contributed by atoms with Crippen molar-refractivity contribution in [3.05, 3.63) is 83.3 Å². The molecule has 178 valence electrons. The lowest BCUT2D eigenvalue weighted by Gasteiger charge is -2.44. The summed E-state index contributed by atoms with van der Waals surface area (Å²) in [6.07, 6.45) is 2.30. The van der Waals surface area contributed by atoms with Gasteiger partial charge in [0.05, 0.1) is 30.7 Å². The molecular formula is C25H22ClN5O4. The third-order valence-electron chi connectivity index (χ3n) is 6.25. The fraction of sp³-hybridized carbons (Fsp3) is 0.240. The van der Waals surface area contributed by atoms with Gasteiger partial charge in [-0.3, -0.25) is 0 Å². The highest BCUT2D eigenvalue weighted by molar-refractivity contribution is 6.33. The highest BCUT2D eigenvalue weighted by Gasteiger charge is 2.44. The van der Waals surface area contributed by atoms with Crippen molar-refractivity contribution in [1.29, 1.82) is 0 Å². The van der Waals surface area contributed by atoms with Crippen LogP contribution in [0.4, 0.5) is 5.95 Å². The number of hydrogen-bond acceptors (Lipinski definition) is 8. The number of nitrogens with two attached hydrogens (primary N) is 1. The number of fused-ring (bicyclic) bond motifs is 1. The molecule has 2 aromatic heterocycles. The molecule has 5 rings (SSSR count). The maximum absolute atomic E-state index is 12.6. The van der Waals surface area contributed by atoms with Crippen molar-refractivity contribution in [2.75, 3.05) is 18.9 Å². The van der Waals surface area contributed by atoms with Gasteiger partial charge in [-0.25, -0.2) is 14.6 Å². The number of nitrogens with zero attached hydrogens (tertiary/aromatic N) is 4. The Labute approximate surface area is 205 Å². The number of benzene rings is 2. The molecule has 4 aromatic rings. The lowest BCUT2D eigenvalue weighted by Crippen LogP contribution is -2.44. The van der Waals surface area contributed by atoms with Crippen LogP contribution in [0.2, 0.25) is 5.15 Å². The van der Waals surface area contributed by atoms with E-state index >= 15 is 0 Å². The Morgan fingerprint density at radius 2 is 1.54 bits per heavy atom. The minimum atomic E-state index is -0.415. The summed E-state index contributed by atoms with van der Waals surface area (Å²) in [6.45, 7) is 0.336. The Balaban J connectivity index is 1.34. The zero-order valence-electron chi connectivity index (χ0n) is 18.6. The number of carbonyl (C=O) groups is 2. The van der Waals surface area contributed by atoms with E-state index in [1.807, 2.05) is 16.7 Å². The molecule has 0 unspecified atom stereocenters. The summed E-state index contributed by atoms with van der Waals surface area (Å²) < 4.78 is 13.1. The van der Waals surface area contributed by atoms with E-state index in [1.54, 1.807) is 54.9 Å². The van der Waals surface area contributed by atoms with Crippen molar-refractivity contribution >= 4 is 40.7 Å². The Morgan fingerprint density at radius 3 is 2.17 bits per heavy atom. The molecule has 2 heterocycles. The predicted molar refractivity (Wildman–Crippen MR) is 129 cm³/mol. The van der Waals surface area contributed by atoms with Gasteiger partial charge in [-0.2, -0.15) is 9.97 Å². The smallest absolute Gasteiger partial charge is 0.338 e. The molecule has 0 saturated heterocycles. The van der Waals surface area contributed by atoms with Crippen LogP contribution in [0.1, 0.15) is 33.2 Å². The van der Waals surface area contributed by atoms with Crippen molar-refractivity contribution in [3.8, 4) is 0 Å². The van der Waals surface area contributed by atoms with Crippen LogP contribution in [0.5, 0.6) is 0 Å². The van der Waals surface area contributed by atoms with Gasteiger partial charge in [0, 0.05) is 17.9 Å². The molecule has 1 saturated carbocycles. The fourth-order valence-corrected chi connectivity index (χ4v) is 4.57. The van der Waals surface area contributed by atoms with Gasteiger partial charge in [0.2, 0.25) is 5.95 Å². The van der Waals surface area contributed by atoms with Gasteiger partial charge in [-0.05, 0) is 30.7 Å². The first-order valence-electron chi connectivity index (χ1n) is 11.1. The minimum Gasteiger partial charge on any atom is -0.462 e. The quantitative estimate of drug-likeness (QED) is 0.304. The molecule has 0 amide bonds. The second kappa shape index (κ2) is 9.71. The standard InChI is InChI=1S/C25H22ClN5O4/c26-21-20-22(30-25(27)29-21)31(14-28-20)19-11-17(12-34-23(32)15-7-3-1-4-8-15)18(19)13-35-24(33)16-9-5-2-6-10-16/h1-10,14,17-19H,11-13H2,(H2,27,29,30)/t17-,18-,19-/m1/s1. The van der Waals surface area contributed by atoms with E-state index in [1.165, 1.54) is 0 Å². The molecule has 10 heteroatoms. The number of rotatable bonds is 7. The van der Waals surface area contributed by atoms with Crippen LogP contribution in [0.15, 0.2) is 67.0 Å². The SMILES string of the molecule is Nc1nc(Cl)c2ncn([C@@H]3C[C@H](COC(=O)c4ccccc4)[C@H]3COC(=O)c3ccccc3)c2n1. The number of esters is 2. The first kappa shape index (κ1) is 22.8. The average molecular weight is 492 g/mol. The summed E-state index contributed by atoms with van der Waals surface area (Å²) in [4.78, 5) is 37.6. The first-order chi connectivity index (χ1) is 17.0. The van der Waals surface area contributed by atoms with Gasteiger partial charge in [-0.1, -0.05) is 48.0 Å². The van der Waals surface area contributed by atoms with Crippen LogP contribution in [0.25, 0.3) is 11.2 Å². The zero-order valence-corrected chi connectivity index (χ0v) is 19.3. The van der Waals surface area contributed by atoms with Crippen molar-refractivity contribution in [2.45, 2.75) is 12.5 Å². The van der Waals surface area contributed by atoms with Crippen LogP contribution >= 0.6 is 11.6 Å². The van der Waals surface area contributed by atoms with E-state index in [-0.39, 0.29) is 42.2 Å². The Morgan fingerprint density at radius 1 is 0.943 bits per heavy atom. The molecule has 3 atom stereocenters. The van der Waals surface area contributed by atoms with Crippen LogP contribution in [0.3, 0.4) is 0 Å². The predicted octanol–water partition coefficient (Wildman–Crippen LogP) is 3.95. The first-order valence-corrected chi connectivity index (χ1v) is 11.5. The molecule has 0 aliphatic heterocycles. The van der Waals surface area contributed by atoms with Gasteiger partial charge < -0.3 is 19.8 Å². The van der Waals surface area contributed by atoms with Crippen molar-refractivity contribution in [2.24, 2.45) is 11.8 Å². The molecule has 1 aliphatic rings. The third-order valence-corrected chi connectivity index (χ3v) is 6.52. The number of ether oxygens (including phenoxy) is 2. The second-order valence-corrected chi connectivity index (χ2v) is 8.71. The number of nitrogen functional groups attached to an aromatic ring is 1. The van der Waals surface area contributed by atoms with Crippen molar-refractivity contribution in [1.82, 2.24) is 19.5 Å². The topological polar surface area (TPSA) is 122 Å². The third kappa shape index (κ3) is 4.67. The summed E-state index contributed by atoms with van der Waals surface area (Å²) in [5, 5.41) is 0.172. The monoisotopic (exact) mass is 491 g/mol. The van der Waals surface area contributed by atoms with E-state index < -0.39 is 11.9 Å². The molecule has 35 heavy (non-hydrogen) atoms.